The van der Waals surface area contributed by atoms with Crippen LogP contribution in [-0.2, 0) is 23.9 Å². The number of aliphatic hydroxyl groups is 1. The molecular weight excluding hydrogens is 436 g/mol. The number of likely N-dealkylation sites (tertiary alicyclic amines) is 1. The maximum atomic E-state index is 14.0. The summed E-state index contributed by atoms with van der Waals surface area (Å²) in [6.45, 7) is 7.15. The summed E-state index contributed by atoms with van der Waals surface area (Å²) in [6, 6.07) is -0.852. The van der Waals surface area contributed by atoms with Crippen LogP contribution >= 0.6 is 0 Å². The Hall–Kier alpha value is -2.19. The molecule has 4 aliphatic rings. The van der Waals surface area contributed by atoms with Crippen LogP contribution in [0.3, 0.4) is 0 Å². The summed E-state index contributed by atoms with van der Waals surface area (Å²) in [4.78, 5) is 44.7. The standard InChI is InChI=1S/C26H38N2O6/c1-4-25-12-7-10-17-33-24(32)20(25)19-22(30)28(14-8-5-6-9-16-29)21-23(31)27(18(2)3)15-11-13-26(19,21)34-25/h7,11-13,18-21,29H,4-6,8-10,14-17H2,1-3H3/t19-,20+,21?,25-,26-/m0/s1. The highest BCUT2D eigenvalue weighted by Gasteiger charge is 2.75. The predicted molar refractivity (Wildman–Crippen MR) is 126 cm³/mol. The zero-order valence-electron chi connectivity index (χ0n) is 20.6. The van der Waals surface area contributed by atoms with Crippen LogP contribution in [0, 0.1) is 11.8 Å². The number of hydrogen-bond donors (Lipinski definition) is 1. The minimum Gasteiger partial charge on any atom is -0.465 e. The molecule has 0 aromatic heterocycles. The van der Waals surface area contributed by atoms with Crippen LogP contribution in [0.5, 0.6) is 0 Å². The van der Waals surface area contributed by atoms with Gasteiger partial charge in [-0.2, -0.15) is 0 Å². The Balaban J connectivity index is 1.78. The number of nitrogens with zero attached hydrogens (tertiary/aromatic N) is 2. The van der Waals surface area contributed by atoms with Gasteiger partial charge in [0.05, 0.1) is 12.5 Å². The van der Waals surface area contributed by atoms with Crippen molar-refractivity contribution >= 4 is 17.8 Å². The second kappa shape index (κ2) is 9.82. The number of carbonyl (C=O) groups excluding carboxylic acids is 3. The molecule has 0 bridgehead atoms. The third-order valence-electron chi connectivity index (χ3n) is 7.86. The van der Waals surface area contributed by atoms with Crippen molar-refractivity contribution in [3.05, 3.63) is 24.3 Å². The summed E-state index contributed by atoms with van der Waals surface area (Å²) >= 11 is 0. The molecule has 0 aromatic rings. The number of aliphatic hydroxyl groups excluding tert-OH is 1. The fourth-order valence-electron chi connectivity index (χ4n) is 6.20. The fraction of sp³-hybridized carbons (Fsp3) is 0.731. The van der Waals surface area contributed by atoms with E-state index in [4.69, 9.17) is 14.6 Å². The van der Waals surface area contributed by atoms with Crippen molar-refractivity contribution in [2.24, 2.45) is 11.8 Å². The van der Waals surface area contributed by atoms with E-state index < -0.39 is 35.0 Å². The molecule has 1 unspecified atom stereocenters. The fourth-order valence-corrected chi connectivity index (χ4v) is 6.20. The Morgan fingerprint density at radius 2 is 1.82 bits per heavy atom. The van der Waals surface area contributed by atoms with Crippen LogP contribution in [0.15, 0.2) is 24.3 Å². The van der Waals surface area contributed by atoms with Crippen molar-refractivity contribution in [1.82, 2.24) is 9.80 Å². The maximum Gasteiger partial charge on any atom is 0.313 e. The van der Waals surface area contributed by atoms with Gasteiger partial charge in [-0.15, -0.1) is 0 Å². The molecule has 1 N–H and O–H groups in total. The topological polar surface area (TPSA) is 96.4 Å². The minimum absolute atomic E-state index is 0.0343. The van der Waals surface area contributed by atoms with E-state index in [9.17, 15) is 14.4 Å². The highest BCUT2D eigenvalue weighted by Crippen LogP contribution is 2.58. The van der Waals surface area contributed by atoms with Gasteiger partial charge in [0.25, 0.3) is 0 Å². The molecule has 0 saturated carbocycles. The number of amides is 2. The molecule has 188 valence electrons. The van der Waals surface area contributed by atoms with Gasteiger partial charge in [0.2, 0.25) is 11.8 Å². The lowest BCUT2D eigenvalue weighted by Crippen LogP contribution is -2.57. The summed E-state index contributed by atoms with van der Waals surface area (Å²) < 4.78 is 12.4. The van der Waals surface area contributed by atoms with Gasteiger partial charge in [0, 0.05) is 25.7 Å². The molecule has 0 radical (unpaired) electrons. The second-order valence-electron chi connectivity index (χ2n) is 10.1. The molecule has 2 fully saturated rings. The van der Waals surface area contributed by atoms with Gasteiger partial charge in [0.1, 0.15) is 23.2 Å². The van der Waals surface area contributed by atoms with E-state index in [0.29, 0.717) is 25.9 Å². The molecule has 4 rings (SSSR count). The van der Waals surface area contributed by atoms with Gasteiger partial charge in [-0.05, 0) is 39.5 Å². The van der Waals surface area contributed by atoms with Crippen molar-refractivity contribution in [2.75, 3.05) is 26.3 Å². The van der Waals surface area contributed by atoms with E-state index in [1.807, 2.05) is 45.1 Å². The number of carbonyl (C=O) groups is 3. The van der Waals surface area contributed by atoms with E-state index in [0.717, 1.165) is 25.7 Å². The van der Waals surface area contributed by atoms with Crippen LogP contribution in [-0.4, -0.2) is 82.3 Å². The molecule has 34 heavy (non-hydrogen) atoms. The summed E-state index contributed by atoms with van der Waals surface area (Å²) in [5.74, 6) is -2.37. The molecule has 8 heteroatoms. The Kier molecular flexibility index (Phi) is 7.20. The van der Waals surface area contributed by atoms with Gasteiger partial charge in [-0.3, -0.25) is 14.4 Å². The molecular formula is C26H38N2O6. The number of cyclic esters (lactones) is 1. The first-order valence-corrected chi connectivity index (χ1v) is 12.8. The molecule has 0 aliphatic carbocycles. The number of rotatable bonds is 8. The van der Waals surface area contributed by atoms with Crippen LogP contribution in [0.1, 0.15) is 59.3 Å². The van der Waals surface area contributed by atoms with Crippen molar-refractivity contribution in [3.63, 3.8) is 0 Å². The van der Waals surface area contributed by atoms with E-state index >= 15 is 0 Å². The van der Waals surface area contributed by atoms with Crippen LogP contribution in [0.4, 0.5) is 0 Å². The van der Waals surface area contributed by atoms with Gasteiger partial charge < -0.3 is 24.4 Å². The highest BCUT2D eigenvalue weighted by atomic mass is 16.6. The van der Waals surface area contributed by atoms with Crippen LogP contribution in [0.25, 0.3) is 0 Å². The monoisotopic (exact) mass is 474 g/mol. The molecule has 4 heterocycles. The van der Waals surface area contributed by atoms with Crippen molar-refractivity contribution in [3.8, 4) is 0 Å². The molecule has 0 aromatic carbocycles. The zero-order valence-corrected chi connectivity index (χ0v) is 20.6. The quantitative estimate of drug-likeness (QED) is 0.329. The Morgan fingerprint density at radius 1 is 1.06 bits per heavy atom. The van der Waals surface area contributed by atoms with Crippen LogP contribution < -0.4 is 0 Å². The highest BCUT2D eigenvalue weighted by molar-refractivity contribution is 5.99. The van der Waals surface area contributed by atoms with Gasteiger partial charge in [-0.25, -0.2) is 0 Å². The Morgan fingerprint density at radius 3 is 2.53 bits per heavy atom. The molecule has 1 spiro atoms. The molecule has 2 saturated heterocycles. The summed E-state index contributed by atoms with van der Waals surface area (Å²) in [5.41, 5.74) is -2.20. The first-order valence-electron chi connectivity index (χ1n) is 12.8. The molecule has 2 amide bonds. The van der Waals surface area contributed by atoms with Crippen molar-refractivity contribution in [1.29, 1.82) is 0 Å². The predicted octanol–water partition coefficient (Wildman–Crippen LogP) is 2.21. The van der Waals surface area contributed by atoms with E-state index in [2.05, 4.69) is 0 Å². The number of ether oxygens (including phenoxy) is 2. The van der Waals surface area contributed by atoms with Gasteiger partial charge >= 0.3 is 5.97 Å². The maximum absolute atomic E-state index is 14.0. The SMILES string of the molecule is CC[C@]12C=CCCOC(=O)[C@H]1[C@H]1C(=O)N(CCCCCCO)C3C(=O)N(C(C)C)CC=C[C@@]31O2. The van der Waals surface area contributed by atoms with Crippen LogP contribution in [0.2, 0.25) is 0 Å². The molecule has 5 atom stereocenters. The van der Waals surface area contributed by atoms with Gasteiger partial charge in [0.15, 0.2) is 0 Å². The number of fused-ring (bicyclic) bond motifs is 2. The lowest BCUT2D eigenvalue weighted by atomic mass is 9.73. The first kappa shape index (κ1) is 24.9. The lowest BCUT2D eigenvalue weighted by molar-refractivity contribution is -0.162. The molecule has 4 aliphatic heterocycles. The number of hydrogen-bond acceptors (Lipinski definition) is 6. The Labute approximate surface area is 201 Å². The Bertz CT molecular complexity index is 869. The lowest BCUT2D eigenvalue weighted by Gasteiger charge is -2.39. The average Bonchev–Trinajstić information content (AvgIpc) is 3.14. The molecule has 8 nitrogen and oxygen atoms in total. The van der Waals surface area contributed by atoms with Crippen molar-refractivity contribution in [2.45, 2.75) is 82.6 Å². The average molecular weight is 475 g/mol. The summed E-state index contributed by atoms with van der Waals surface area (Å²) in [7, 11) is 0. The van der Waals surface area contributed by atoms with E-state index in [1.165, 1.54) is 0 Å². The van der Waals surface area contributed by atoms with Gasteiger partial charge in [-0.1, -0.05) is 44.1 Å². The zero-order chi connectivity index (χ0) is 24.5. The third kappa shape index (κ3) is 3.88. The van der Waals surface area contributed by atoms with E-state index in [-0.39, 0.29) is 31.1 Å². The second-order valence-corrected chi connectivity index (χ2v) is 10.1. The summed E-state index contributed by atoms with van der Waals surface area (Å²) in [6.07, 6.45) is 11.9. The first-order chi connectivity index (χ1) is 16.3. The largest absolute Gasteiger partial charge is 0.465 e. The van der Waals surface area contributed by atoms with E-state index in [1.54, 1.807) is 9.80 Å². The minimum atomic E-state index is -1.21. The van der Waals surface area contributed by atoms with Crippen molar-refractivity contribution < 1.29 is 29.0 Å². The number of esters is 1. The normalized spacial score (nSPS) is 35.1. The number of unbranched alkanes of at least 4 members (excludes halogenated alkanes) is 3. The third-order valence-corrected chi connectivity index (χ3v) is 7.86. The smallest absolute Gasteiger partial charge is 0.313 e. The summed E-state index contributed by atoms with van der Waals surface area (Å²) in [5, 5.41) is 9.07.